The van der Waals surface area contributed by atoms with Gasteiger partial charge in [0.05, 0.1) is 12.2 Å². The highest BCUT2D eigenvalue weighted by atomic mass is 19.1. The van der Waals surface area contributed by atoms with Gasteiger partial charge in [-0.1, -0.05) is 6.07 Å². The first kappa shape index (κ1) is 13.3. The molecule has 1 aromatic carbocycles. The van der Waals surface area contributed by atoms with Crippen molar-refractivity contribution in [3.8, 4) is 0 Å². The third-order valence-electron chi connectivity index (χ3n) is 3.05. The Bertz CT molecular complexity index is 606. The van der Waals surface area contributed by atoms with Crippen LogP contribution in [0, 0.1) is 5.82 Å². The first-order valence-electron chi connectivity index (χ1n) is 5.97. The largest absolute Gasteiger partial charge is 0.364 e. The lowest BCUT2D eigenvalue weighted by Gasteiger charge is -2.22. The molecule has 0 N–H and O–H groups in total. The molecule has 19 heavy (non-hydrogen) atoms. The Morgan fingerprint density at radius 1 is 1.47 bits per heavy atom. The van der Waals surface area contributed by atoms with Gasteiger partial charge in [0, 0.05) is 32.1 Å². The van der Waals surface area contributed by atoms with Crippen molar-refractivity contribution in [3.63, 3.8) is 0 Å². The van der Waals surface area contributed by atoms with E-state index in [1.54, 1.807) is 30.3 Å². The fourth-order valence-corrected chi connectivity index (χ4v) is 2.03. The molecule has 0 spiro atoms. The molecule has 0 saturated heterocycles. The predicted octanol–water partition coefficient (Wildman–Crippen LogP) is 2.40. The second-order valence-electron chi connectivity index (χ2n) is 4.50. The van der Waals surface area contributed by atoms with E-state index in [2.05, 4.69) is 4.98 Å². The quantitative estimate of drug-likeness (QED) is 0.793. The van der Waals surface area contributed by atoms with Crippen LogP contribution < -0.4 is 4.90 Å². The molecule has 0 aliphatic heterocycles. The summed E-state index contributed by atoms with van der Waals surface area (Å²) in [6.07, 6.45) is 3.52. The summed E-state index contributed by atoms with van der Waals surface area (Å²) in [7, 11) is 3.63. The van der Waals surface area contributed by atoms with Gasteiger partial charge in [-0.3, -0.25) is 4.79 Å². The van der Waals surface area contributed by atoms with E-state index in [4.69, 9.17) is 0 Å². The van der Waals surface area contributed by atoms with Crippen molar-refractivity contribution < 1.29 is 9.18 Å². The van der Waals surface area contributed by atoms with Gasteiger partial charge >= 0.3 is 0 Å². The summed E-state index contributed by atoms with van der Waals surface area (Å²) in [5, 5.41) is 0. The number of imidazole rings is 1. The highest BCUT2D eigenvalue weighted by molar-refractivity contribution is 5.99. The zero-order valence-corrected chi connectivity index (χ0v) is 11.2. The maximum Gasteiger partial charge on any atom is 0.161 e. The molecule has 0 unspecified atom stereocenters. The fourth-order valence-electron chi connectivity index (χ4n) is 2.03. The Hall–Kier alpha value is -2.17. The van der Waals surface area contributed by atoms with Gasteiger partial charge in [0.25, 0.3) is 0 Å². The van der Waals surface area contributed by atoms with Crippen LogP contribution in [-0.2, 0) is 13.6 Å². The monoisotopic (exact) mass is 261 g/mol. The van der Waals surface area contributed by atoms with E-state index >= 15 is 0 Å². The lowest BCUT2D eigenvalue weighted by Crippen LogP contribution is -2.22. The van der Waals surface area contributed by atoms with E-state index in [1.807, 2.05) is 17.8 Å². The molecule has 2 rings (SSSR count). The molecule has 4 nitrogen and oxygen atoms in total. The zero-order valence-electron chi connectivity index (χ0n) is 11.2. The molecule has 5 heteroatoms. The van der Waals surface area contributed by atoms with Crippen molar-refractivity contribution in [2.75, 3.05) is 11.9 Å². The molecule has 100 valence electrons. The number of ketones is 1. The minimum atomic E-state index is -0.399. The number of hydrogen-bond donors (Lipinski definition) is 0. The van der Waals surface area contributed by atoms with Crippen molar-refractivity contribution in [3.05, 3.63) is 47.8 Å². The van der Waals surface area contributed by atoms with Crippen molar-refractivity contribution >= 4 is 11.5 Å². The lowest BCUT2D eigenvalue weighted by molar-refractivity contribution is 0.101. The average molecular weight is 261 g/mol. The van der Waals surface area contributed by atoms with Gasteiger partial charge < -0.3 is 9.47 Å². The number of para-hydroxylation sites is 1. The fraction of sp³-hybridized carbons (Fsp3) is 0.286. The smallest absolute Gasteiger partial charge is 0.161 e. The number of aromatic nitrogens is 2. The molecule has 2 aromatic rings. The molecule has 0 radical (unpaired) electrons. The van der Waals surface area contributed by atoms with Gasteiger partial charge in [-0.2, -0.15) is 0 Å². The van der Waals surface area contributed by atoms with Crippen LogP contribution in [0.25, 0.3) is 0 Å². The van der Waals surface area contributed by atoms with Crippen LogP contribution in [0.5, 0.6) is 0 Å². The summed E-state index contributed by atoms with van der Waals surface area (Å²) in [5.74, 6) is 0.255. The Kier molecular flexibility index (Phi) is 3.64. The molecular weight excluding hydrogens is 245 g/mol. The Morgan fingerprint density at radius 3 is 2.79 bits per heavy atom. The molecule has 0 aliphatic carbocycles. The molecule has 0 atom stereocenters. The van der Waals surface area contributed by atoms with Crippen molar-refractivity contribution in [2.45, 2.75) is 13.5 Å². The molecule has 0 aliphatic rings. The number of rotatable bonds is 4. The minimum absolute atomic E-state index is 0.152. The number of Topliss-reactive ketones (excluding diaryl/α,β-unsaturated/α-hetero) is 1. The van der Waals surface area contributed by atoms with E-state index in [0.717, 1.165) is 5.82 Å². The summed E-state index contributed by atoms with van der Waals surface area (Å²) in [6.45, 7) is 1.87. The number of nitrogens with zero attached hydrogens (tertiary/aromatic N) is 3. The number of benzene rings is 1. The van der Waals surface area contributed by atoms with Crippen molar-refractivity contribution in [1.82, 2.24) is 9.55 Å². The van der Waals surface area contributed by atoms with Crippen LogP contribution >= 0.6 is 0 Å². The van der Waals surface area contributed by atoms with Gasteiger partial charge in [-0.15, -0.1) is 0 Å². The zero-order chi connectivity index (χ0) is 14.0. The lowest BCUT2D eigenvalue weighted by atomic mass is 10.1. The van der Waals surface area contributed by atoms with Crippen molar-refractivity contribution in [2.24, 2.45) is 7.05 Å². The van der Waals surface area contributed by atoms with Crippen LogP contribution in [0.1, 0.15) is 23.1 Å². The first-order chi connectivity index (χ1) is 9.00. The van der Waals surface area contributed by atoms with E-state index in [1.165, 1.54) is 13.0 Å². The summed E-state index contributed by atoms with van der Waals surface area (Å²) in [4.78, 5) is 17.5. The topological polar surface area (TPSA) is 38.1 Å². The average Bonchev–Trinajstić information content (AvgIpc) is 2.74. The van der Waals surface area contributed by atoms with E-state index in [-0.39, 0.29) is 5.78 Å². The van der Waals surface area contributed by atoms with Gasteiger partial charge in [0.2, 0.25) is 0 Å². The summed E-state index contributed by atoms with van der Waals surface area (Å²) < 4.78 is 15.8. The summed E-state index contributed by atoms with van der Waals surface area (Å²) >= 11 is 0. The number of carbonyl (C=O) groups is 1. The highest BCUT2D eigenvalue weighted by Crippen LogP contribution is 2.25. The molecule has 0 bridgehead atoms. The maximum atomic E-state index is 14.0. The minimum Gasteiger partial charge on any atom is -0.364 e. The second kappa shape index (κ2) is 5.22. The van der Waals surface area contributed by atoms with E-state index in [0.29, 0.717) is 17.8 Å². The van der Waals surface area contributed by atoms with Crippen LogP contribution in [-0.4, -0.2) is 22.4 Å². The summed E-state index contributed by atoms with van der Waals surface area (Å²) in [6, 6.07) is 4.54. The molecule has 1 heterocycles. The molecule has 0 amide bonds. The Labute approximate surface area is 111 Å². The third kappa shape index (κ3) is 2.65. The molecular formula is C14H16FN3O. The molecule has 0 saturated carbocycles. The third-order valence-corrected chi connectivity index (χ3v) is 3.05. The van der Waals surface area contributed by atoms with E-state index < -0.39 is 5.82 Å². The number of carbonyl (C=O) groups excluding carboxylic acids is 1. The Balaban J connectivity index is 2.36. The number of halogens is 1. The van der Waals surface area contributed by atoms with Crippen LogP contribution in [0.4, 0.5) is 10.1 Å². The van der Waals surface area contributed by atoms with Gasteiger partial charge in [0.1, 0.15) is 11.6 Å². The first-order valence-corrected chi connectivity index (χ1v) is 5.97. The van der Waals surface area contributed by atoms with Crippen LogP contribution in [0.3, 0.4) is 0 Å². The van der Waals surface area contributed by atoms with Gasteiger partial charge in [0.15, 0.2) is 5.78 Å². The molecule has 0 fully saturated rings. The Morgan fingerprint density at radius 2 is 2.21 bits per heavy atom. The number of aryl methyl sites for hydroxylation is 1. The van der Waals surface area contributed by atoms with Crippen molar-refractivity contribution in [1.29, 1.82) is 0 Å². The van der Waals surface area contributed by atoms with Gasteiger partial charge in [-0.05, 0) is 19.1 Å². The van der Waals surface area contributed by atoms with Gasteiger partial charge in [-0.25, -0.2) is 9.37 Å². The maximum absolute atomic E-state index is 14.0. The normalized spacial score (nSPS) is 10.5. The van der Waals surface area contributed by atoms with Crippen LogP contribution in [0.2, 0.25) is 0 Å². The molecule has 1 aromatic heterocycles. The SMILES string of the molecule is CC(=O)c1cccc(F)c1N(C)Cc1nccn1C. The predicted molar refractivity (Wildman–Crippen MR) is 71.7 cm³/mol. The summed E-state index contributed by atoms with van der Waals surface area (Å²) in [5.41, 5.74) is 0.703. The number of anilines is 1. The number of hydrogen-bond acceptors (Lipinski definition) is 3. The van der Waals surface area contributed by atoms with Crippen LogP contribution in [0.15, 0.2) is 30.6 Å². The van der Waals surface area contributed by atoms with E-state index in [9.17, 15) is 9.18 Å². The standard InChI is InChI=1S/C14H16FN3O/c1-10(19)11-5-4-6-12(15)14(11)18(3)9-13-16-7-8-17(13)2/h4-8H,9H2,1-3H3. The highest BCUT2D eigenvalue weighted by Gasteiger charge is 2.17. The second-order valence-corrected chi connectivity index (χ2v) is 4.50.